The van der Waals surface area contributed by atoms with Crippen LogP contribution in [0.5, 0.6) is 0 Å². The maximum atomic E-state index is 12.2. The normalized spacial score (nSPS) is 25.7. The fourth-order valence-corrected chi connectivity index (χ4v) is 3.95. The summed E-state index contributed by atoms with van der Waals surface area (Å²) in [7, 11) is 0. The van der Waals surface area contributed by atoms with Crippen molar-refractivity contribution in [2.24, 2.45) is 0 Å². The second-order valence-corrected chi connectivity index (χ2v) is 6.57. The van der Waals surface area contributed by atoms with Gasteiger partial charge >= 0.3 is 0 Å². The number of aryl methyl sites for hydroxylation is 1. The van der Waals surface area contributed by atoms with Crippen molar-refractivity contribution < 1.29 is 4.79 Å². The first-order chi connectivity index (χ1) is 8.69. The Balaban J connectivity index is 1.62. The van der Waals surface area contributed by atoms with Gasteiger partial charge in [0, 0.05) is 11.6 Å². The fraction of sp³-hybridized carbons (Fsp3) is 0.643. The highest BCUT2D eigenvalue weighted by molar-refractivity contribution is 7.12. The molecule has 1 saturated carbocycles. The Hall–Kier alpha value is -0.870. The standard InChI is InChI=1S/C14H20N2OS/c1-10-4-8-18-12(10)13(17)16-11-3-7-15-14(9-11)5-2-6-14/h4,8,11,15H,2-3,5-7,9H2,1H3,(H,16,17). The molecule has 2 aliphatic rings. The van der Waals surface area contributed by atoms with Gasteiger partial charge in [-0.25, -0.2) is 0 Å². The van der Waals surface area contributed by atoms with Gasteiger partial charge < -0.3 is 10.6 Å². The van der Waals surface area contributed by atoms with Crippen molar-refractivity contribution in [1.82, 2.24) is 10.6 Å². The van der Waals surface area contributed by atoms with E-state index in [0.29, 0.717) is 11.6 Å². The molecule has 1 aliphatic carbocycles. The molecule has 3 nitrogen and oxygen atoms in total. The highest BCUT2D eigenvalue weighted by atomic mass is 32.1. The topological polar surface area (TPSA) is 41.1 Å². The Bertz CT molecular complexity index is 450. The van der Waals surface area contributed by atoms with E-state index in [-0.39, 0.29) is 5.91 Å². The quantitative estimate of drug-likeness (QED) is 0.861. The van der Waals surface area contributed by atoms with Crippen LogP contribution in [0.3, 0.4) is 0 Å². The monoisotopic (exact) mass is 264 g/mol. The first kappa shape index (κ1) is 12.2. The SMILES string of the molecule is Cc1ccsc1C(=O)NC1CCNC2(CCC2)C1. The highest BCUT2D eigenvalue weighted by Gasteiger charge is 2.41. The van der Waals surface area contributed by atoms with Crippen LogP contribution >= 0.6 is 11.3 Å². The van der Waals surface area contributed by atoms with E-state index < -0.39 is 0 Å². The van der Waals surface area contributed by atoms with Crippen molar-refractivity contribution in [3.63, 3.8) is 0 Å². The molecule has 1 atom stereocenters. The molecule has 2 fully saturated rings. The number of hydrogen-bond donors (Lipinski definition) is 2. The lowest BCUT2D eigenvalue weighted by molar-refractivity contribution is 0.0856. The van der Waals surface area contributed by atoms with Gasteiger partial charge in [0.15, 0.2) is 0 Å². The summed E-state index contributed by atoms with van der Waals surface area (Å²) in [5.41, 5.74) is 1.44. The van der Waals surface area contributed by atoms with Crippen molar-refractivity contribution in [3.8, 4) is 0 Å². The minimum absolute atomic E-state index is 0.115. The molecule has 1 amide bonds. The van der Waals surface area contributed by atoms with Gasteiger partial charge in [0.05, 0.1) is 4.88 Å². The minimum atomic E-state index is 0.115. The molecule has 4 heteroatoms. The largest absolute Gasteiger partial charge is 0.348 e. The summed E-state index contributed by atoms with van der Waals surface area (Å²) < 4.78 is 0. The van der Waals surface area contributed by atoms with E-state index in [1.807, 2.05) is 18.4 Å². The van der Waals surface area contributed by atoms with Crippen LogP contribution in [-0.4, -0.2) is 24.0 Å². The third kappa shape index (κ3) is 2.19. The molecule has 1 saturated heterocycles. The van der Waals surface area contributed by atoms with Gasteiger partial charge in [-0.3, -0.25) is 4.79 Å². The summed E-state index contributed by atoms with van der Waals surface area (Å²) in [5.74, 6) is 0.115. The second-order valence-electron chi connectivity index (χ2n) is 5.66. The Labute approximate surface area is 112 Å². The zero-order valence-corrected chi connectivity index (χ0v) is 11.6. The Morgan fingerprint density at radius 2 is 2.39 bits per heavy atom. The average Bonchev–Trinajstić information content (AvgIpc) is 2.74. The van der Waals surface area contributed by atoms with Crippen molar-refractivity contribution in [2.75, 3.05) is 6.54 Å². The lowest BCUT2D eigenvalue weighted by Gasteiger charge is -2.48. The van der Waals surface area contributed by atoms with E-state index in [4.69, 9.17) is 0 Å². The fourth-order valence-electron chi connectivity index (χ4n) is 3.12. The third-order valence-electron chi connectivity index (χ3n) is 4.34. The van der Waals surface area contributed by atoms with Crippen molar-refractivity contribution in [2.45, 2.75) is 50.6 Å². The number of piperidine rings is 1. The van der Waals surface area contributed by atoms with Crippen LogP contribution < -0.4 is 10.6 Å². The zero-order chi connectivity index (χ0) is 12.6. The van der Waals surface area contributed by atoms with Gasteiger partial charge in [-0.05, 0) is 62.6 Å². The van der Waals surface area contributed by atoms with Crippen molar-refractivity contribution >= 4 is 17.2 Å². The van der Waals surface area contributed by atoms with Crippen molar-refractivity contribution in [1.29, 1.82) is 0 Å². The zero-order valence-electron chi connectivity index (χ0n) is 10.8. The minimum Gasteiger partial charge on any atom is -0.348 e. The summed E-state index contributed by atoms with van der Waals surface area (Å²) in [5, 5.41) is 8.84. The van der Waals surface area contributed by atoms with Gasteiger partial charge in [-0.15, -0.1) is 11.3 Å². The number of hydrogen-bond acceptors (Lipinski definition) is 3. The molecule has 18 heavy (non-hydrogen) atoms. The van der Waals surface area contributed by atoms with Gasteiger partial charge in [0.1, 0.15) is 0 Å². The molecule has 1 aliphatic heterocycles. The molecular formula is C14H20N2OS. The van der Waals surface area contributed by atoms with Crippen LogP contribution in [0.4, 0.5) is 0 Å². The molecule has 0 bridgehead atoms. The Morgan fingerprint density at radius 3 is 3.00 bits per heavy atom. The molecule has 1 aromatic rings. The summed E-state index contributed by atoms with van der Waals surface area (Å²) >= 11 is 1.54. The Kier molecular flexibility index (Phi) is 3.16. The van der Waals surface area contributed by atoms with Crippen LogP contribution in [0, 0.1) is 6.92 Å². The smallest absolute Gasteiger partial charge is 0.261 e. The molecule has 1 unspecified atom stereocenters. The van der Waals surface area contributed by atoms with Crippen molar-refractivity contribution in [3.05, 3.63) is 21.9 Å². The molecular weight excluding hydrogens is 244 g/mol. The maximum Gasteiger partial charge on any atom is 0.261 e. The van der Waals surface area contributed by atoms with Crippen LogP contribution in [-0.2, 0) is 0 Å². The van der Waals surface area contributed by atoms with E-state index in [2.05, 4.69) is 10.6 Å². The number of nitrogens with one attached hydrogen (secondary N) is 2. The molecule has 2 N–H and O–H groups in total. The molecule has 98 valence electrons. The van der Waals surface area contributed by atoms with E-state index in [1.165, 1.54) is 30.6 Å². The molecule has 1 spiro atoms. The van der Waals surface area contributed by atoms with Gasteiger partial charge in [0.25, 0.3) is 5.91 Å². The lowest BCUT2D eigenvalue weighted by atomic mass is 9.70. The molecule has 2 heterocycles. The molecule has 0 radical (unpaired) electrons. The van der Waals surface area contributed by atoms with Gasteiger partial charge in [0.2, 0.25) is 0 Å². The van der Waals surface area contributed by atoms with Crippen LogP contribution in [0.2, 0.25) is 0 Å². The van der Waals surface area contributed by atoms with Crippen LogP contribution in [0.15, 0.2) is 11.4 Å². The summed E-state index contributed by atoms with van der Waals surface area (Å²) in [6.45, 7) is 3.04. The number of amides is 1. The first-order valence-corrected chi connectivity index (χ1v) is 7.66. The predicted molar refractivity (Wildman–Crippen MR) is 74.1 cm³/mol. The van der Waals surface area contributed by atoms with Crippen LogP contribution in [0.1, 0.15) is 47.3 Å². The highest BCUT2D eigenvalue weighted by Crippen LogP contribution is 2.38. The molecule has 1 aromatic heterocycles. The van der Waals surface area contributed by atoms with Gasteiger partial charge in [-0.1, -0.05) is 0 Å². The van der Waals surface area contributed by atoms with E-state index in [9.17, 15) is 4.79 Å². The van der Waals surface area contributed by atoms with E-state index in [0.717, 1.165) is 29.8 Å². The molecule has 0 aromatic carbocycles. The Morgan fingerprint density at radius 1 is 1.56 bits per heavy atom. The number of carbonyl (C=O) groups is 1. The van der Waals surface area contributed by atoms with Gasteiger partial charge in [-0.2, -0.15) is 0 Å². The van der Waals surface area contributed by atoms with E-state index in [1.54, 1.807) is 0 Å². The maximum absolute atomic E-state index is 12.2. The van der Waals surface area contributed by atoms with Crippen LogP contribution in [0.25, 0.3) is 0 Å². The predicted octanol–water partition coefficient (Wildman–Crippen LogP) is 2.46. The first-order valence-electron chi connectivity index (χ1n) is 6.79. The molecule has 3 rings (SSSR count). The average molecular weight is 264 g/mol. The number of carbonyl (C=O) groups excluding carboxylic acids is 1. The third-order valence-corrected chi connectivity index (χ3v) is 5.36. The summed E-state index contributed by atoms with van der Waals surface area (Å²) in [6.07, 6.45) is 6.04. The second kappa shape index (κ2) is 4.67. The summed E-state index contributed by atoms with van der Waals surface area (Å²) in [4.78, 5) is 13.1. The number of rotatable bonds is 2. The summed E-state index contributed by atoms with van der Waals surface area (Å²) in [6, 6.07) is 2.36. The van der Waals surface area contributed by atoms with E-state index >= 15 is 0 Å². The lowest BCUT2D eigenvalue weighted by Crippen LogP contribution is -2.59. The number of thiophene rings is 1.